The van der Waals surface area contributed by atoms with Gasteiger partial charge < -0.3 is 15.0 Å². The first kappa shape index (κ1) is 22.2. The largest absolute Gasteiger partial charge is 0.452 e. The molecular weight excluding hydrogens is 422 g/mol. The fourth-order valence-electron chi connectivity index (χ4n) is 2.93. The minimum atomic E-state index is -3.69. The average molecular weight is 443 g/mol. The van der Waals surface area contributed by atoms with Gasteiger partial charge in [0.05, 0.1) is 10.5 Å². The monoisotopic (exact) mass is 443 g/mol. The molecule has 0 bridgehead atoms. The summed E-state index contributed by atoms with van der Waals surface area (Å²) in [4.78, 5) is 39.1. The van der Waals surface area contributed by atoms with E-state index in [4.69, 9.17) is 4.74 Å². The number of anilines is 1. The maximum absolute atomic E-state index is 12.4. The number of hydrogen-bond acceptors (Lipinski definition) is 6. The summed E-state index contributed by atoms with van der Waals surface area (Å²) in [5.41, 5.74) is 0.819. The first-order valence-corrected chi connectivity index (χ1v) is 10.7. The third-order valence-electron chi connectivity index (χ3n) is 4.54. The summed E-state index contributed by atoms with van der Waals surface area (Å²) in [6, 6.07) is 12.3. The van der Waals surface area contributed by atoms with Gasteiger partial charge in [0.1, 0.15) is 0 Å². The van der Waals surface area contributed by atoms with Crippen LogP contribution in [0.4, 0.5) is 5.69 Å². The molecule has 0 unspecified atom stereocenters. The summed E-state index contributed by atoms with van der Waals surface area (Å²) in [6.45, 7) is 1.04. The van der Waals surface area contributed by atoms with Gasteiger partial charge in [0.2, 0.25) is 15.6 Å². The Bertz CT molecular complexity index is 1330. The zero-order valence-electron chi connectivity index (χ0n) is 17.1. The van der Waals surface area contributed by atoms with Gasteiger partial charge in [-0.1, -0.05) is 24.3 Å². The van der Waals surface area contributed by atoms with Gasteiger partial charge in [0.15, 0.2) is 6.61 Å². The Kier molecular flexibility index (Phi) is 6.23. The number of nitrogens with one attached hydrogen (secondary N) is 2. The number of benzene rings is 2. The van der Waals surface area contributed by atoms with Crippen molar-refractivity contribution in [2.75, 3.05) is 26.0 Å². The third-order valence-corrected chi connectivity index (χ3v) is 6.49. The number of fused-ring (bicyclic) bond motifs is 1. The number of aromatic nitrogens is 1. The van der Waals surface area contributed by atoms with Crippen molar-refractivity contribution in [2.24, 2.45) is 0 Å². The standard InChI is InChI=1S/C21H21N3O6S/c1-13-8-9-14(10-18(13)31(28,29)24(2)3)22-20(26)12-30-21(27)16-11-19(25)23-17-7-5-4-6-15(16)17/h4-11H,12H2,1-3H3,(H,22,26)(H,23,25). The Hall–Kier alpha value is -3.50. The predicted octanol–water partition coefficient (Wildman–Crippen LogP) is 1.88. The van der Waals surface area contributed by atoms with Gasteiger partial charge >= 0.3 is 5.97 Å². The van der Waals surface area contributed by atoms with Gasteiger partial charge in [0.25, 0.3) is 5.91 Å². The molecule has 2 aromatic carbocycles. The number of esters is 1. The molecule has 0 fully saturated rings. The Morgan fingerprint density at radius 3 is 2.52 bits per heavy atom. The van der Waals surface area contributed by atoms with Crippen LogP contribution in [0.5, 0.6) is 0 Å². The van der Waals surface area contributed by atoms with Crippen LogP contribution >= 0.6 is 0 Å². The minimum Gasteiger partial charge on any atom is -0.452 e. The van der Waals surface area contributed by atoms with Gasteiger partial charge in [-0.05, 0) is 30.7 Å². The van der Waals surface area contributed by atoms with Gasteiger partial charge in [-0.3, -0.25) is 9.59 Å². The van der Waals surface area contributed by atoms with E-state index in [1.807, 2.05) is 0 Å². The first-order valence-electron chi connectivity index (χ1n) is 9.22. The second-order valence-corrected chi connectivity index (χ2v) is 9.11. The van der Waals surface area contributed by atoms with E-state index >= 15 is 0 Å². The molecular formula is C21H21N3O6S. The predicted molar refractivity (Wildman–Crippen MR) is 116 cm³/mol. The lowest BCUT2D eigenvalue weighted by Gasteiger charge is -2.15. The average Bonchev–Trinajstić information content (AvgIpc) is 2.72. The SMILES string of the molecule is Cc1ccc(NC(=O)COC(=O)c2cc(=O)[nH]c3ccccc23)cc1S(=O)(=O)N(C)C. The molecule has 0 aliphatic carbocycles. The highest BCUT2D eigenvalue weighted by molar-refractivity contribution is 7.89. The fraction of sp³-hybridized carbons (Fsp3) is 0.190. The topological polar surface area (TPSA) is 126 Å². The number of aryl methyl sites for hydroxylation is 1. The molecule has 0 aliphatic rings. The zero-order valence-corrected chi connectivity index (χ0v) is 17.9. The van der Waals surface area contributed by atoms with Crippen LogP contribution in [0.1, 0.15) is 15.9 Å². The summed E-state index contributed by atoms with van der Waals surface area (Å²) in [5.74, 6) is -1.48. The van der Waals surface area contributed by atoms with Crippen molar-refractivity contribution < 1.29 is 22.7 Å². The molecule has 9 nitrogen and oxygen atoms in total. The minimum absolute atomic E-state index is 0.0434. The highest BCUT2D eigenvalue weighted by atomic mass is 32.2. The highest BCUT2D eigenvalue weighted by Gasteiger charge is 2.21. The number of rotatable bonds is 6. The molecule has 10 heteroatoms. The van der Waals surface area contributed by atoms with Crippen molar-refractivity contribution in [2.45, 2.75) is 11.8 Å². The third kappa shape index (κ3) is 4.81. The van der Waals surface area contributed by atoms with Crippen LogP contribution in [-0.4, -0.2) is 50.3 Å². The van der Waals surface area contributed by atoms with Gasteiger partial charge in [0, 0.05) is 36.8 Å². The van der Waals surface area contributed by atoms with Crippen LogP contribution in [0.2, 0.25) is 0 Å². The van der Waals surface area contributed by atoms with Crippen molar-refractivity contribution >= 4 is 38.5 Å². The quantitative estimate of drug-likeness (QED) is 0.561. The number of para-hydroxylation sites is 1. The van der Waals surface area contributed by atoms with Crippen molar-refractivity contribution in [3.05, 3.63) is 70.0 Å². The second kappa shape index (κ2) is 8.70. The second-order valence-electron chi connectivity index (χ2n) is 6.98. The molecule has 0 spiro atoms. The number of ether oxygens (including phenoxy) is 1. The zero-order chi connectivity index (χ0) is 22.8. The summed E-state index contributed by atoms with van der Waals surface area (Å²) >= 11 is 0. The normalized spacial score (nSPS) is 11.5. The molecule has 162 valence electrons. The molecule has 0 saturated carbocycles. The van der Waals surface area contributed by atoms with E-state index in [1.54, 1.807) is 43.3 Å². The lowest BCUT2D eigenvalue weighted by atomic mass is 10.1. The van der Waals surface area contributed by atoms with E-state index in [0.29, 0.717) is 16.5 Å². The summed E-state index contributed by atoms with van der Waals surface area (Å²) in [6.07, 6.45) is 0. The van der Waals surface area contributed by atoms with Crippen molar-refractivity contribution in [3.8, 4) is 0 Å². The van der Waals surface area contributed by atoms with E-state index in [2.05, 4.69) is 10.3 Å². The number of hydrogen-bond donors (Lipinski definition) is 2. The molecule has 3 rings (SSSR count). The van der Waals surface area contributed by atoms with Crippen LogP contribution < -0.4 is 10.9 Å². The van der Waals surface area contributed by atoms with Crippen molar-refractivity contribution in [1.82, 2.24) is 9.29 Å². The van der Waals surface area contributed by atoms with Crippen molar-refractivity contribution in [3.63, 3.8) is 0 Å². The smallest absolute Gasteiger partial charge is 0.339 e. The fourth-order valence-corrected chi connectivity index (χ4v) is 4.08. The Morgan fingerprint density at radius 2 is 1.81 bits per heavy atom. The van der Waals surface area contributed by atoms with Gasteiger partial charge in [-0.15, -0.1) is 0 Å². The molecule has 0 saturated heterocycles. The van der Waals surface area contributed by atoms with E-state index in [-0.39, 0.29) is 16.1 Å². The summed E-state index contributed by atoms with van der Waals surface area (Å²) < 4.78 is 31.0. The number of aromatic amines is 1. The maximum atomic E-state index is 12.4. The van der Waals surface area contributed by atoms with Crippen LogP contribution in [0.15, 0.2) is 58.2 Å². The first-order chi connectivity index (χ1) is 14.6. The van der Waals surface area contributed by atoms with E-state index in [9.17, 15) is 22.8 Å². The molecule has 0 atom stereocenters. The number of nitrogens with zero attached hydrogens (tertiary/aromatic N) is 1. The van der Waals surface area contributed by atoms with Crippen LogP contribution in [0, 0.1) is 6.92 Å². The van der Waals surface area contributed by atoms with Crippen LogP contribution in [0.25, 0.3) is 10.9 Å². The number of sulfonamides is 1. The van der Waals surface area contributed by atoms with E-state index in [0.717, 1.165) is 10.4 Å². The molecule has 0 aliphatic heterocycles. The Balaban J connectivity index is 1.73. The number of carbonyl (C=O) groups excluding carboxylic acids is 2. The lowest BCUT2D eigenvalue weighted by molar-refractivity contribution is -0.119. The Morgan fingerprint density at radius 1 is 1.10 bits per heavy atom. The highest BCUT2D eigenvalue weighted by Crippen LogP contribution is 2.22. The number of pyridine rings is 1. The molecule has 1 heterocycles. The molecule has 2 N–H and O–H groups in total. The van der Waals surface area contributed by atoms with Crippen molar-refractivity contribution in [1.29, 1.82) is 0 Å². The van der Waals surface area contributed by atoms with Gasteiger partial charge in [-0.2, -0.15) is 0 Å². The van der Waals surface area contributed by atoms with E-state index in [1.165, 1.54) is 20.2 Å². The van der Waals surface area contributed by atoms with Crippen LogP contribution in [-0.2, 0) is 19.6 Å². The van der Waals surface area contributed by atoms with E-state index < -0.39 is 34.1 Å². The molecule has 1 amide bonds. The molecule has 3 aromatic rings. The Labute approximate surface area is 178 Å². The summed E-state index contributed by atoms with van der Waals surface area (Å²) in [7, 11) is -0.859. The van der Waals surface area contributed by atoms with Crippen LogP contribution in [0.3, 0.4) is 0 Å². The van der Waals surface area contributed by atoms with Gasteiger partial charge in [-0.25, -0.2) is 17.5 Å². The molecule has 0 radical (unpaired) electrons. The molecule has 31 heavy (non-hydrogen) atoms. The summed E-state index contributed by atoms with van der Waals surface area (Å²) in [5, 5.41) is 3.00. The molecule has 1 aromatic heterocycles. The number of carbonyl (C=O) groups is 2. The lowest BCUT2D eigenvalue weighted by Crippen LogP contribution is -2.24. The maximum Gasteiger partial charge on any atom is 0.339 e. The number of H-pyrrole nitrogens is 1. The number of amides is 1.